The Morgan fingerprint density at radius 2 is 1.81 bits per heavy atom. The van der Waals surface area contributed by atoms with Crippen molar-refractivity contribution < 1.29 is 29.2 Å². The molecule has 0 spiro atoms. The second kappa shape index (κ2) is 13.1. The number of rotatable bonds is 10. The minimum Gasteiger partial charge on any atom is -0.481 e. The number of nitro groups is 1. The first kappa shape index (κ1) is 27.2. The lowest BCUT2D eigenvalue weighted by atomic mass is 9.92. The van der Waals surface area contributed by atoms with E-state index in [4.69, 9.17) is 5.11 Å². The maximum atomic E-state index is 13.4. The minimum absolute atomic E-state index is 0.00175. The van der Waals surface area contributed by atoms with Gasteiger partial charge in [-0.05, 0) is 63.2 Å². The zero-order valence-electron chi connectivity index (χ0n) is 20.2. The zero-order valence-corrected chi connectivity index (χ0v) is 20.2. The summed E-state index contributed by atoms with van der Waals surface area (Å²) in [6.45, 7) is 2.51. The van der Waals surface area contributed by atoms with Gasteiger partial charge in [0.25, 0.3) is 11.6 Å². The van der Waals surface area contributed by atoms with Crippen molar-refractivity contribution in [3.8, 4) is 0 Å². The number of carbonyl (C=O) groups is 4. The second-order valence-corrected chi connectivity index (χ2v) is 9.25. The Morgan fingerprint density at radius 1 is 1.11 bits per heavy atom. The van der Waals surface area contributed by atoms with E-state index in [0.29, 0.717) is 31.7 Å². The molecule has 12 heteroatoms. The SMILES string of the molecule is O=C(O)CCNN(C(=O)c1ccc([N+](=O)[O-])cc1)C(=O)[C@@H]1CCCN(C(=O)CCC2CCNCC2)C1. The zero-order chi connectivity index (χ0) is 26.1. The van der Waals surface area contributed by atoms with E-state index in [2.05, 4.69) is 10.7 Å². The van der Waals surface area contributed by atoms with E-state index >= 15 is 0 Å². The number of hydrazine groups is 1. The summed E-state index contributed by atoms with van der Waals surface area (Å²) in [5, 5.41) is 24.0. The molecule has 1 aromatic rings. The lowest BCUT2D eigenvalue weighted by Gasteiger charge is -2.35. The van der Waals surface area contributed by atoms with Crippen LogP contribution < -0.4 is 10.7 Å². The Hall–Kier alpha value is -3.38. The van der Waals surface area contributed by atoms with Crippen LogP contribution >= 0.6 is 0 Å². The van der Waals surface area contributed by atoms with Crippen LogP contribution in [0.2, 0.25) is 0 Å². The average molecular weight is 504 g/mol. The lowest BCUT2D eigenvalue weighted by Crippen LogP contribution is -2.53. The van der Waals surface area contributed by atoms with Crippen LogP contribution in [-0.2, 0) is 14.4 Å². The van der Waals surface area contributed by atoms with Crippen LogP contribution in [0.25, 0.3) is 0 Å². The normalized spacial score (nSPS) is 18.4. The molecule has 3 N–H and O–H groups in total. The molecule has 2 saturated heterocycles. The van der Waals surface area contributed by atoms with Gasteiger partial charge in [0.05, 0.1) is 17.3 Å². The summed E-state index contributed by atoms with van der Waals surface area (Å²) in [5.41, 5.74) is 2.45. The third-order valence-electron chi connectivity index (χ3n) is 6.71. The number of nitrogens with zero attached hydrogens (tertiary/aromatic N) is 3. The molecule has 2 aliphatic heterocycles. The molecule has 12 nitrogen and oxygen atoms in total. The number of hydrogen-bond acceptors (Lipinski definition) is 8. The van der Waals surface area contributed by atoms with E-state index < -0.39 is 28.6 Å². The number of benzene rings is 1. The third kappa shape index (κ3) is 7.56. The predicted molar refractivity (Wildman–Crippen MR) is 129 cm³/mol. The van der Waals surface area contributed by atoms with Crippen LogP contribution in [0.3, 0.4) is 0 Å². The highest BCUT2D eigenvalue weighted by atomic mass is 16.6. The van der Waals surface area contributed by atoms with Crippen molar-refractivity contribution in [3.63, 3.8) is 0 Å². The molecular weight excluding hydrogens is 470 g/mol. The Bertz CT molecular complexity index is 962. The van der Waals surface area contributed by atoms with Gasteiger partial charge >= 0.3 is 5.97 Å². The van der Waals surface area contributed by atoms with Crippen molar-refractivity contribution >= 4 is 29.4 Å². The van der Waals surface area contributed by atoms with Gasteiger partial charge in [0.15, 0.2) is 0 Å². The number of nitro benzene ring substituents is 1. The topological polar surface area (TPSA) is 162 Å². The maximum Gasteiger partial charge on any atom is 0.304 e. The van der Waals surface area contributed by atoms with E-state index in [1.165, 1.54) is 12.1 Å². The fraction of sp³-hybridized carbons (Fsp3) is 0.583. The number of piperidine rings is 2. The van der Waals surface area contributed by atoms with Gasteiger partial charge in [0.1, 0.15) is 0 Å². The number of imide groups is 1. The average Bonchev–Trinajstić information content (AvgIpc) is 2.89. The fourth-order valence-corrected chi connectivity index (χ4v) is 4.62. The molecule has 2 fully saturated rings. The van der Waals surface area contributed by atoms with Crippen LogP contribution in [0.5, 0.6) is 0 Å². The van der Waals surface area contributed by atoms with Gasteiger partial charge < -0.3 is 15.3 Å². The summed E-state index contributed by atoms with van der Waals surface area (Å²) < 4.78 is 0. The van der Waals surface area contributed by atoms with Crippen molar-refractivity contribution in [3.05, 3.63) is 39.9 Å². The highest BCUT2D eigenvalue weighted by Crippen LogP contribution is 2.23. The standard InChI is InChI=1S/C24H33N5O7/c30-21(8-3-17-9-12-25-13-10-17)27-15-1-2-19(16-27)24(34)28(26-14-11-22(31)32)23(33)18-4-6-20(7-5-18)29(35)36/h4-7,17,19,25-26H,1-3,8-16H2,(H,31,32)/t19-/m1/s1. The number of carboxylic acid groups (broad SMARTS) is 1. The summed E-state index contributed by atoms with van der Waals surface area (Å²) in [6.07, 6.45) is 4.13. The summed E-state index contributed by atoms with van der Waals surface area (Å²) in [4.78, 5) is 62.3. The number of carboxylic acids is 1. The first-order chi connectivity index (χ1) is 17.3. The molecule has 1 atom stereocenters. The van der Waals surface area contributed by atoms with Gasteiger partial charge in [-0.1, -0.05) is 0 Å². The van der Waals surface area contributed by atoms with Crippen molar-refractivity contribution in [1.82, 2.24) is 20.7 Å². The van der Waals surface area contributed by atoms with Gasteiger partial charge in [-0.2, -0.15) is 0 Å². The van der Waals surface area contributed by atoms with Crippen molar-refractivity contribution in [2.24, 2.45) is 11.8 Å². The van der Waals surface area contributed by atoms with Crippen LogP contribution in [0, 0.1) is 22.0 Å². The summed E-state index contributed by atoms with van der Waals surface area (Å²) in [6, 6.07) is 4.82. The van der Waals surface area contributed by atoms with Crippen LogP contribution in [-0.4, -0.2) is 76.4 Å². The predicted octanol–water partition coefficient (Wildman–Crippen LogP) is 1.56. The number of aliphatic carboxylic acids is 1. The molecule has 0 saturated carbocycles. The number of carbonyl (C=O) groups excluding carboxylic acids is 3. The maximum absolute atomic E-state index is 13.4. The number of amides is 3. The van der Waals surface area contributed by atoms with Gasteiger partial charge in [-0.15, -0.1) is 0 Å². The van der Waals surface area contributed by atoms with E-state index in [0.717, 1.165) is 49.5 Å². The molecule has 0 aromatic heterocycles. The van der Waals surface area contributed by atoms with Gasteiger partial charge in [-0.3, -0.25) is 29.3 Å². The van der Waals surface area contributed by atoms with Gasteiger partial charge in [0, 0.05) is 43.8 Å². The van der Waals surface area contributed by atoms with E-state index in [-0.39, 0.29) is 36.7 Å². The smallest absolute Gasteiger partial charge is 0.304 e. The molecule has 36 heavy (non-hydrogen) atoms. The quantitative estimate of drug-likeness (QED) is 0.244. The van der Waals surface area contributed by atoms with Crippen molar-refractivity contribution in [2.45, 2.75) is 44.9 Å². The van der Waals surface area contributed by atoms with E-state index in [9.17, 15) is 29.3 Å². The molecule has 2 aliphatic rings. The molecule has 196 valence electrons. The minimum atomic E-state index is -1.10. The molecule has 3 amide bonds. The highest BCUT2D eigenvalue weighted by molar-refractivity contribution is 6.05. The molecular formula is C24H33N5O7. The van der Waals surface area contributed by atoms with Crippen molar-refractivity contribution in [1.29, 1.82) is 0 Å². The summed E-state index contributed by atoms with van der Waals surface area (Å²) in [5.74, 6) is -2.50. The summed E-state index contributed by atoms with van der Waals surface area (Å²) in [7, 11) is 0. The number of hydrogen-bond donors (Lipinski definition) is 3. The molecule has 0 radical (unpaired) electrons. The van der Waals surface area contributed by atoms with E-state index in [1.54, 1.807) is 4.90 Å². The summed E-state index contributed by atoms with van der Waals surface area (Å²) >= 11 is 0. The van der Waals surface area contributed by atoms with Gasteiger partial charge in [0.2, 0.25) is 11.8 Å². The first-order valence-corrected chi connectivity index (χ1v) is 12.3. The fourth-order valence-electron chi connectivity index (χ4n) is 4.62. The first-order valence-electron chi connectivity index (χ1n) is 12.3. The Balaban J connectivity index is 1.66. The third-order valence-corrected chi connectivity index (χ3v) is 6.71. The molecule has 0 unspecified atom stereocenters. The second-order valence-electron chi connectivity index (χ2n) is 9.25. The highest BCUT2D eigenvalue weighted by Gasteiger charge is 2.34. The van der Waals surface area contributed by atoms with E-state index in [1.807, 2.05) is 0 Å². The molecule has 0 bridgehead atoms. The number of non-ortho nitro benzene ring substituents is 1. The van der Waals surface area contributed by atoms with Crippen LogP contribution in [0.15, 0.2) is 24.3 Å². The molecule has 2 heterocycles. The number of likely N-dealkylation sites (tertiary alicyclic amines) is 1. The van der Waals surface area contributed by atoms with Gasteiger partial charge in [-0.25, -0.2) is 10.4 Å². The van der Waals surface area contributed by atoms with Crippen LogP contribution in [0.4, 0.5) is 5.69 Å². The lowest BCUT2D eigenvalue weighted by molar-refractivity contribution is -0.384. The Morgan fingerprint density at radius 3 is 2.44 bits per heavy atom. The Labute approximate surface area is 209 Å². The van der Waals surface area contributed by atoms with Crippen LogP contribution in [0.1, 0.15) is 55.3 Å². The largest absolute Gasteiger partial charge is 0.481 e. The Kier molecular flexibility index (Phi) is 9.88. The number of nitrogens with one attached hydrogen (secondary N) is 2. The molecule has 1 aromatic carbocycles. The van der Waals surface area contributed by atoms with Crippen molar-refractivity contribution in [2.75, 3.05) is 32.7 Å². The molecule has 0 aliphatic carbocycles. The monoisotopic (exact) mass is 503 g/mol. The molecule has 3 rings (SSSR count).